The van der Waals surface area contributed by atoms with Crippen LogP contribution in [0.2, 0.25) is 0 Å². The largest absolute Gasteiger partial charge is 0.353 e. The SMILES string of the molecule is C=CCN(CCOC1CCCCO1)/N=C\C=C(\Cl)CC. The van der Waals surface area contributed by atoms with Gasteiger partial charge in [-0.2, -0.15) is 5.10 Å². The highest BCUT2D eigenvalue weighted by atomic mass is 35.5. The van der Waals surface area contributed by atoms with Gasteiger partial charge in [0.05, 0.1) is 19.7 Å². The first-order valence-corrected chi connectivity index (χ1v) is 7.61. The van der Waals surface area contributed by atoms with Gasteiger partial charge in [-0.05, 0) is 31.8 Å². The molecule has 0 amide bonds. The molecule has 0 N–H and O–H groups in total. The van der Waals surface area contributed by atoms with Crippen molar-refractivity contribution in [3.8, 4) is 0 Å². The summed E-state index contributed by atoms with van der Waals surface area (Å²) in [6, 6.07) is 0. The summed E-state index contributed by atoms with van der Waals surface area (Å²) >= 11 is 5.92. The van der Waals surface area contributed by atoms with Crippen molar-refractivity contribution in [3.63, 3.8) is 0 Å². The van der Waals surface area contributed by atoms with Crippen molar-refractivity contribution in [1.29, 1.82) is 0 Å². The molecule has 1 rings (SSSR count). The highest BCUT2D eigenvalue weighted by molar-refractivity contribution is 6.30. The molecule has 4 nitrogen and oxygen atoms in total. The van der Waals surface area contributed by atoms with Crippen molar-refractivity contribution < 1.29 is 9.47 Å². The van der Waals surface area contributed by atoms with Gasteiger partial charge in [-0.3, -0.25) is 5.01 Å². The summed E-state index contributed by atoms with van der Waals surface area (Å²) in [7, 11) is 0. The first-order chi connectivity index (χ1) is 9.76. The summed E-state index contributed by atoms with van der Waals surface area (Å²) in [5, 5.41) is 7.03. The first-order valence-electron chi connectivity index (χ1n) is 7.24. The fourth-order valence-electron chi connectivity index (χ4n) is 1.80. The van der Waals surface area contributed by atoms with E-state index in [-0.39, 0.29) is 6.29 Å². The molecule has 1 aliphatic heterocycles. The van der Waals surface area contributed by atoms with Crippen molar-refractivity contribution >= 4 is 17.8 Å². The van der Waals surface area contributed by atoms with Crippen LogP contribution in [0.4, 0.5) is 0 Å². The summed E-state index contributed by atoms with van der Waals surface area (Å²) in [5.74, 6) is 0. The third kappa shape index (κ3) is 7.68. The van der Waals surface area contributed by atoms with Crippen LogP contribution in [0.3, 0.4) is 0 Å². The molecule has 0 aliphatic carbocycles. The summed E-state index contributed by atoms with van der Waals surface area (Å²) in [6.45, 7) is 8.54. The van der Waals surface area contributed by atoms with Gasteiger partial charge in [-0.1, -0.05) is 24.6 Å². The Hall–Kier alpha value is -0.840. The number of nitrogens with zero attached hydrogens (tertiary/aromatic N) is 2. The van der Waals surface area contributed by atoms with E-state index in [4.69, 9.17) is 21.1 Å². The highest BCUT2D eigenvalue weighted by Gasteiger charge is 2.13. The van der Waals surface area contributed by atoms with E-state index in [1.807, 2.05) is 24.1 Å². The zero-order valence-electron chi connectivity index (χ0n) is 12.3. The van der Waals surface area contributed by atoms with Crippen molar-refractivity contribution in [3.05, 3.63) is 23.8 Å². The number of hydrogen-bond donors (Lipinski definition) is 0. The zero-order chi connectivity index (χ0) is 14.6. The molecular weight excluding hydrogens is 276 g/mol. The predicted molar refractivity (Wildman–Crippen MR) is 84.0 cm³/mol. The molecule has 1 unspecified atom stereocenters. The van der Waals surface area contributed by atoms with E-state index in [1.165, 1.54) is 6.42 Å². The maximum absolute atomic E-state index is 5.92. The molecule has 5 heteroatoms. The number of hydrogen-bond acceptors (Lipinski definition) is 4. The Kier molecular flexibility index (Phi) is 9.37. The maximum atomic E-state index is 5.92. The molecule has 0 saturated carbocycles. The molecule has 1 atom stereocenters. The Morgan fingerprint density at radius 1 is 1.55 bits per heavy atom. The van der Waals surface area contributed by atoms with Gasteiger partial charge in [0.15, 0.2) is 6.29 Å². The highest BCUT2D eigenvalue weighted by Crippen LogP contribution is 2.13. The Morgan fingerprint density at radius 3 is 3.05 bits per heavy atom. The summed E-state index contributed by atoms with van der Waals surface area (Å²) in [5.41, 5.74) is 0. The summed E-state index contributed by atoms with van der Waals surface area (Å²) < 4.78 is 11.2. The van der Waals surface area contributed by atoms with Crippen molar-refractivity contribution in [2.75, 3.05) is 26.3 Å². The van der Waals surface area contributed by atoms with Gasteiger partial charge in [-0.15, -0.1) is 6.58 Å². The molecule has 114 valence electrons. The van der Waals surface area contributed by atoms with Crippen LogP contribution in [0.15, 0.2) is 28.9 Å². The van der Waals surface area contributed by atoms with Crippen LogP contribution in [0.1, 0.15) is 32.6 Å². The van der Waals surface area contributed by atoms with Crippen LogP contribution >= 0.6 is 11.6 Å². The van der Waals surface area contributed by atoms with Crippen molar-refractivity contribution in [1.82, 2.24) is 5.01 Å². The van der Waals surface area contributed by atoms with Crippen molar-refractivity contribution in [2.45, 2.75) is 38.9 Å². The van der Waals surface area contributed by atoms with E-state index < -0.39 is 0 Å². The van der Waals surface area contributed by atoms with Gasteiger partial charge in [0.25, 0.3) is 0 Å². The Morgan fingerprint density at radius 2 is 2.40 bits per heavy atom. The molecule has 0 radical (unpaired) electrons. The Labute approximate surface area is 127 Å². The number of rotatable bonds is 9. The molecule has 20 heavy (non-hydrogen) atoms. The minimum Gasteiger partial charge on any atom is -0.353 e. The molecule has 1 heterocycles. The fraction of sp³-hybridized carbons (Fsp3) is 0.667. The number of hydrazone groups is 1. The van der Waals surface area contributed by atoms with Crippen LogP contribution in [0.5, 0.6) is 0 Å². The third-order valence-corrected chi connectivity index (χ3v) is 3.35. The lowest BCUT2D eigenvalue weighted by Gasteiger charge is -2.24. The van der Waals surface area contributed by atoms with E-state index in [0.717, 1.165) is 30.9 Å². The van der Waals surface area contributed by atoms with Gasteiger partial charge in [0.2, 0.25) is 0 Å². The summed E-state index contributed by atoms with van der Waals surface area (Å²) in [6.07, 6.45) is 9.41. The first kappa shape index (κ1) is 17.2. The van der Waals surface area contributed by atoms with E-state index in [1.54, 1.807) is 6.21 Å². The van der Waals surface area contributed by atoms with E-state index >= 15 is 0 Å². The van der Waals surface area contributed by atoms with Gasteiger partial charge in [0.1, 0.15) is 0 Å². The molecule has 0 bridgehead atoms. The van der Waals surface area contributed by atoms with Gasteiger partial charge >= 0.3 is 0 Å². The second-order valence-electron chi connectivity index (χ2n) is 4.60. The Balaban J connectivity index is 2.28. The molecule has 1 saturated heterocycles. The second kappa shape index (κ2) is 10.9. The predicted octanol–water partition coefficient (Wildman–Crippen LogP) is 3.54. The quantitative estimate of drug-likeness (QED) is 0.371. The van der Waals surface area contributed by atoms with Gasteiger partial charge in [0, 0.05) is 17.9 Å². The lowest BCUT2D eigenvalue weighted by Crippen LogP contribution is -2.28. The molecule has 1 fully saturated rings. The average Bonchev–Trinajstić information content (AvgIpc) is 2.48. The number of halogens is 1. The summed E-state index contributed by atoms with van der Waals surface area (Å²) in [4.78, 5) is 0. The van der Waals surface area contributed by atoms with Crippen LogP contribution < -0.4 is 0 Å². The van der Waals surface area contributed by atoms with E-state index in [9.17, 15) is 0 Å². The average molecular weight is 301 g/mol. The van der Waals surface area contributed by atoms with Gasteiger partial charge in [-0.25, -0.2) is 0 Å². The number of ether oxygens (including phenoxy) is 2. The van der Waals surface area contributed by atoms with Crippen molar-refractivity contribution in [2.24, 2.45) is 5.10 Å². The second-order valence-corrected chi connectivity index (χ2v) is 5.09. The molecule has 0 spiro atoms. The molecular formula is C15H25ClN2O2. The molecule has 0 aromatic heterocycles. The third-order valence-electron chi connectivity index (χ3n) is 2.95. The monoisotopic (exact) mass is 300 g/mol. The lowest BCUT2D eigenvalue weighted by molar-refractivity contribution is -0.164. The zero-order valence-corrected chi connectivity index (χ0v) is 13.0. The maximum Gasteiger partial charge on any atom is 0.157 e. The number of allylic oxidation sites excluding steroid dienone is 2. The van der Waals surface area contributed by atoms with Crippen LogP contribution in [0, 0.1) is 0 Å². The van der Waals surface area contributed by atoms with Crippen LogP contribution in [-0.2, 0) is 9.47 Å². The van der Waals surface area contributed by atoms with E-state index in [2.05, 4.69) is 11.7 Å². The lowest BCUT2D eigenvalue weighted by atomic mass is 10.2. The minimum absolute atomic E-state index is 0.0484. The minimum atomic E-state index is -0.0484. The van der Waals surface area contributed by atoms with Crippen LogP contribution in [0.25, 0.3) is 0 Å². The smallest absolute Gasteiger partial charge is 0.157 e. The van der Waals surface area contributed by atoms with E-state index in [0.29, 0.717) is 19.7 Å². The fourth-order valence-corrected chi connectivity index (χ4v) is 1.86. The molecule has 0 aromatic rings. The standard InChI is InChI=1S/C15H25ClN2O2/c1-3-10-18(17-9-8-14(16)4-2)11-13-20-15-7-5-6-12-19-15/h3,8-9,15H,1,4-7,10-13H2,2H3/b14-8+,17-9-. The molecule has 1 aliphatic rings. The Bertz CT molecular complexity index is 326. The van der Waals surface area contributed by atoms with Crippen LogP contribution in [-0.4, -0.2) is 43.8 Å². The van der Waals surface area contributed by atoms with Gasteiger partial charge < -0.3 is 9.47 Å². The molecule has 0 aromatic carbocycles. The topological polar surface area (TPSA) is 34.1 Å². The normalized spacial score (nSPS) is 20.3.